The van der Waals surface area contributed by atoms with Crippen molar-refractivity contribution in [3.63, 3.8) is 0 Å². The predicted octanol–water partition coefficient (Wildman–Crippen LogP) is 4.39. The lowest BCUT2D eigenvalue weighted by molar-refractivity contribution is -0.137. The number of nitrogens with one attached hydrogen (secondary N) is 1. The number of hydrogen-bond donors (Lipinski definition) is 1. The minimum absolute atomic E-state index is 0.220. The van der Waals surface area contributed by atoms with E-state index in [2.05, 4.69) is 5.32 Å². The summed E-state index contributed by atoms with van der Waals surface area (Å²) in [5.41, 5.74) is 0.107. The molecule has 0 aliphatic heterocycles. The number of hydrogen-bond acceptors (Lipinski definition) is 1. The Balaban J connectivity index is 0.00000137. The topological polar surface area (TPSA) is 29.1 Å². The molecule has 2 nitrogen and oxygen atoms in total. The summed E-state index contributed by atoms with van der Waals surface area (Å²) in [5.74, 6) is -0.220. The van der Waals surface area contributed by atoms with Crippen LogP contribution in [0.2, 0.25) is 0 Å². The predicted molar refractivity (Wildman–Crippen MR) is 66.4 cm³/mol. The van der Waals surface area contributed by atoms with Crippen molar-refractivity contribution in [3.05, 3.63) is 29.3 Å². The third-order valence-electron chi connectivity index (χ3n) is 2.15. The number of carbonyl (C=O) groups excluding carboxylic acids is 1. The van der Waals surface area contributed by atoms with E-state index in [0.29, 0.717) is 17.7 Å². The summed E-state index contributed by atoms with van der Waals surface area (Å²) in [5, 5.41) is 2.53. The molecule has 0 radical (unpaired) electrons. The van der Waals surface area contributed by atoms with Gasteiger partial charge in [-0.15, -0.1) is 0 Å². The number of rotatable bonds is 2. The Hall–Kier alpha value is -1.52. The van der Waals surface area contributed by atoms with Crippen molar-refractivity contribution in [3.8, 4) is 0 Å². The average molecular weight is 261 g/mol. The van der Waals surface area contributed by atoms with Gasteiger partial charge in [0.15, 0.2) is 0 Å². The van der Waals surface area contributed by atoms with Crippen LogP contribution in [0, 0.1) is 6.92 Å². The van der Waals surface area contributed by atoms with Crippen molar-refractivity contribution in [1.29, 1.82) is 0 Å². The summed E-state index contributed by atoms with van der Waals surface area (Å²) in [6, 6.07) is 3.25. The molecule has 0 aromatic heterocycles. The second-order valence-electron chi connectivity index (χ2n) is 3.43. The summed E-state index contributed by atoms with van der Waals surface area (Å²) < 4.78 is 37.0. The monoisotopic (exact) mass is 261 g/mol. The molecule has 0 bridgehead atoms. The van der Waals surface area contributed by atoms with Gasteiger partial charge in [0.25, 0.3) is 0 Å². The Bertz CT molecular complexity index is 400. The highest BCUT2D eigenvalue weighted by atomic mass is 19.4. The standard InChI is InChI=1S/C11H12F3NO.C2H6/c1-3-10(16)15-9-5-4-8(6-7(9)2)11(12,13)14;1-2/h4-6H,3H2,1-2H3,(H,15,16);1-2H3. The van der Waals surface area contributed by atoms with Gasteiger partial charge in [-0.25, -0.2) is 0 Å². The van der Waals surface area contributed by atoms with Gasteiger partial charge in [0.2, 0.25) is 5.91 Å². The van der Waals surface area contributed by atoms with Crippen molar-refractivity contribution in [1.82, 2.24) is 0 Å². The zero-order valence-corrected chi connectivity index (χ0v) is 11.0. The van der Waals surface area contributed by atoms with E-state index in [1.54, 1.807) is 6.92 Å². The summed E-state index contributed by atoms with van der Waals surface area (Å²) in [6.45, 7) is 7.20. The fraction of sp³-hybridized carbons (Fsp3) is 0.462. The molecule has 0 saturated carbocycles. The van der Waals surface area contributed by atoms with Crippen LogP contribution in [0.4, 0.5) is 18.9 Å². The zero-order chi connectivity index (χ0) is 14.3. The molecular weight excluding hydrogens is 243 g/mol. The molecule has 0 aliphatic rings. The fourth-order valence-electron chi connectivity index (χ4n) is 1.22. The first-order valence-electron chi connectivity index (χ1n) is 5.82. The first kappa shape index (κ1) is 16.5. The molecule has 1 aromatic rings. The van der Waals surface area contributed by atoms with E-state index in [9.17, 15) is 18.0 Å². The van der Waals surface area contributed by atoms with E-state index >= 15 is 0 Å². The van der Waals surface area contributed by atoms with Crippen LogP contribution in [0.3, 0.4) is 0 Å². The number of aryl methyl sites for hydroxylation is 1. The van der Waals surface area contributed by atoms with E-state index < -0.39 is 11.7 Å². The quantitative estimate of drug-likeness (QED) is 0.840. The first-order chi connectivity index (χ1) is 8.34. The van der Waals surface area contributed by atoms with Gasteiger partial charge in [-0.05, 0) is 30.7 Å². The normalized spacial score (nSPS) is 10.4. The average Bonchev–Trinajstić information content (AvgIpc) is 2.32. The largest absolute Gasteiger partial charge is 0.416 e. The maximum absolute atomic E-state index is 12.3. The molecular formula is C13H18F3NO. The van der Waals surface area contributed by atoms with E-state index in [1.165, 1.54) is 13.0 Å². The molecule has 1 N–H and O–H groups in total. The van der Waals surface area contributed by atoms with Crippen LogP contribution < -0.4 is 5.32 Å². The summed E-state index contributed by atoms with van der Waals surface area (Å²) in [6.07, 6.45) is -4.06. The van der Waals surface area contributed by atoms with Crippen LogP contribution in [0.15, 0.2) is 18.2 Å². The third kappa shape index (κ3) is 4.77. The highest BCUT2D eigenvalue weighted by Gasteiger charge is 2.30. The van der Waals surface area contributed by atoms with Gasteiger partial charge in [-0.3, -0.25) is 4.79 Å². The van der Waals surface area contributed by atoms with Crippen LogP contribution in [0.5, 0.6) is 0 Å². The van der Waals surface area contributed by atoms with Gasteiger partial charge in [-0.2, -0.15) is 13.2 Å². The van der Waals surface area contributed by atoms with Gasteiger partial charge in [0.1, 0.15) is 0 Å². The van der Waals surface area contributed by atoms with Crippen molar-refractivity contribution < 1.29 is 18.0 Å². The number of halogens is 3. The van der Waals surface area contributed by atoms with Crippen LogP contribution in [-0.4, -0.2) is 5.91 Å². The number of carbonyl (C=O) groups is 1. The van der Waals surface area contributed by atoms with E-state index in [0.717, 1.165) is 12.1 Å². The summed E-state index contributed by atoms with van der Waals surface area (Å²) in [7, 11) is 0. The Labute approximate surface area is 105 Å². The summed E-state index contributed by atoms with van der Waals surface area (Å²) >= 11 is 0. The van der Waals surface area contributed by atoms with Crippen LogP contribution >= 0.6 is 0 Å². The molecule has 0 saturated heterocycles. The molecule has 18 heavy (non-hydrogen) atoms. The Morgan fingerprint density at radius 2 is 1.83 bits per heavy atom. The molecule has 0 fully saturated rings. The first-order valence-corrected chi connectivity index (χ1v) is 5.82. The second-order valence-corrected chi connectivity index (χ2v) is 3.43. The minimum atomic E-state index is -4.35. The van der Waals surface area contributed by atoms with E-state index in [-0.39, 0.29) is 5.91 Å². The molecule has 102 valence electrons. The van der Waals surface area contributed by atoms with Gasteiger partial charge < -0.3 is 5.32 Å². The highest BCUT2D eigenvalue weighted by molar-refractivity contribution is 5.91. The maximum Gasteiger partial charge on any atom is 0.416 e. The smallest absolute Gasteiger partial charge is 0.326 e. The van der Waals surface area contributed by atoms with Crippen molar-refractivity contribution in [2.45, 2.75) is 40.3 Å². The molecule has 1 aromatic carbocycles. The lowest BCUT2D eigenvalue weighted by Crippen LogP contribution is -2.12. The molecule has 1 amide bonds. The molecule has 0 aliphatic carbocycles. The molecule has 0 unspecified atom stereocenters. The summed E-state index contributed by atoms with van der Waals surface area (Å²) in [4.78, 5) is 11.1. The molecule has 0 heterocycles. The second kappa shape index (κ2) is 7.03. The van der Waals surface area contributed by atoms with Gasteiger partial charge in [-0.1, -0.05) is 20.8 Å². The number of benzene rings is 1. The highest BCUT2D eigenvalue weighted by Crippen LogP contribution is 2.31. The van der Waals surface area contributed by atoms with Crippen molar-refractivity contribution in [2.24, 2.45) is 0 Å². The Kier molecular flexibility index (Phi) is 6.44. The minimum Gasteiger partial charge on any atom is -0.326 e. The van der Waals surface area contributed by atoms with E-state index in [1.807, 2.05) is 13.8 Å². The van der Waals surface area contributed by atoms with Gasteiger partial charge in [0.05, 0.1) is 5.56 Å². The maximum atomic E-state index is 12.3. The van der Waals surface area contributed by atoms with Crippen LogP contribution in [-0.2, 0) is 11.0 Å². The number of alkyl halides is 3. The van der Waals surface area contributed by atoms with Crippen LogP contribution in [0.25, 0.3) is 0 Å². The van der Waals surface area contributed by atoms with E-state index in [4.69, 9.17) is 0 Å². The fourth-order valence-corrected chi connectivity index (χ4v) is 1.22. The van der Waals surface area contributed by atoms with Gasteiger partial charge >= 0.3 is 6.18 Å². The zero-order valence-electron chi connectivity index (χ0n) is 11.0. The lowest BCUT2D eigenvalue weighted by atomic mass is 10.1. The molecule has 1 rings (SSSR count). The van der Waals surface area contributed by atoms with Gasteiger partial charge in [0, 0.05) is 12.1 Å². The molecule has 5 heteroatoms. The molecule has 0 atom stereocenters. The molecule has 0 spiro atoms. The lowest BCUT2D eigenvalue weighted by Gasteiger charge is -2.11. The van der Waals surface area contributed by atoms with Crippen LogP contribution in [0.1, 0.15) is 38.3 Å². The SMILES string of the molecule is CC.CCC(=O)Nc1ccc(C(F)(F)F)cc1C. The third-order valence-corrected chi connectivity index (χ3v) is 2.15. The van der Waals surface area contributed by atoms with Crippen molar-refractivity contribution >= 4 is 11.6 Å². The number of anilines is 1. The Morgan fingerprint density at radius 1 is 1.28 bits per heavy atom. The van der Waals surface area contributed by atoms with Crippen molar-refractivity contribution in [2.75, 3.05) is 5.32 Å². The number of amides is 1. The Morgan fingerprint density at radius 3 is 2.22 bits per heavy atom.